The minimum atomic E-state index is -3.20. The number of hydrogen-bond acceptors (Lipinski definition) is 5. The zero-order valence-corrected chi connectivity index (χ0v) is 17.5. The molecular formula is C18H35N3O4S. The number of nitrogens with one attached hydrogen (secondary N) is 1. The zero-order chi connectivity index (χ0) is 19.4. The molecule has 1 aliphatic heterocycles. The van der Waals surface area contributed by atoms with Crippen molar-refractivity contribution >= 4 is 16.1 Å². The number of carbonyl (C=O) groups excluding carboxylic acids is 1. The second kappa shape index (κ2) is 8.89. The van der Waals surface area contributed by atoms with E-state index in [-0.39, 0.29) is 12.1 Å². The fourth-order valence-corrected chi connectivity index (χ4v) is 4.39. The van der Waals surface area contributed by atoms with Gasteiger partial charge in [0.25, 0.3) is 0 Å². The van der Waals surface area contributed by atoms with E-state index in [1.54, 1.807) is 4.90 Å². The molecule has 1 saturated carbocycles. The molecule has 1 saturated heterocycles. The lowest BCUT2D eigenvalue weighted by molar-refractivity contribution is 0.00542. The number of ether oxygens (including phenoxy) is 1. The van der Waals surface area contributed by atoms with Gasteiger partial charge in [0.15, 0.2) is 0 Å². The first-order valence-electron chi connectivity index (χ1n) is 9.72. The zero-order valence-electron chi connectivity index (χ0n) is 16.7. The Bertz CT molecular complexity index is 559. The highest BCUT2D eigenvalue weighted by atomic mass is 32.2. The molecule has 0 spiro atoms. The van der Waals surface area contributed by atoms with Crippen LogP contribution in [0, 0.1) is 5.92 Å². The van der Waals surface area contributed by atoms with E-state index >= 15 is 0 Å². The van der Waals surface area contributed by atoms with Gasteiger partial charge in [-0.25, -0.2) is 17.9 Å². The Kier molecular flexibility index (Phi) is 7.33. The van der Waals surface area contributed by atoms with Gasteiger partial charge >= 0.3 is 6.09 Å². The molecule has 0 bridgehead atoms. The SMILES string of the molecule is CC(C)(C)OC(=O)N1CCN(C(CNS(C)(=O)=O)C2CCCCC2)CC1. The second-order valence-corrected chi connectivity index (χ2v) is 10.4. The van der Waals surface area contributed by atoms with Crippen molar-refractivity contribution in [2.24, 2.45) is 5.92 Å². The summed E-state index contributed by atoms with van der Waals surface area (Å²) in [6, 6.07) is 0.200. The number of carbonyl (C=O) groups is 1. The van der Waals surface area contributed by atoms with Gasteiger partial charge in [-0.3, -0.25) is 4.90 Å². The molecule has 7 nitrogen and oxygen atoms in total. The van der Waals surface area contributed by atoms with Gasteiger partial charge in [0.2, 0.25) is 10.0 Å². The van der Waals surface area contributed by atoms with Crippen LogP contribution in [0.15, 0.2) is 0 Å². The first kappa shape index (κ1) is 21.4. The van der Waals surface area contributed by atoms with Gasteiger partial charge in [0.05, 0.1) is 6.26 Å². The molecule has 26 heavy (non-hydrogen) atoms. The lowest BCUT2D eigenvalue weighted by Gasteiger charge is -2.43. The van der Waals surface area contributed by atoms with Crippen LogP contribution < -0.4 is 4.72 Å². The topological polar surface area (TPSA) is 79.0 Å². The molecule has 1 aliphatic carbocycles. The van der Waals surface area contributed by atoms with Crippen LogP contribution in [0.1, 0.15) is 52.9 Å². The summed E-state index contributed by atoms with van der Waals surface area (Å²) in [5, 5.41) is 0. The van der Waals surface area contributed by atoms with Crippen LogP contribution in [-0.4, -0.2) is 74.9 Å². The van der Waals surface area contributed by atoms with Crippen molar-refractivity contribution in [3.63, 3.8) is 0 Å². The molecule has 2 aliphatic rings. The highest BCUT2D eigenvalue weighted by molar-refractivity contribution is 7.88. The van der Waals surface area contributed by atoms with Crippen LogP contribution in [0.2, 0.25) is 0 Å². The summed E-state index contributed by atoms with van der Waals surface area (Å²) in [6.45, 7) is 8.83. The van der Waals surface area contributed by atoms with E-state index in [1.165, 1.54) is 25.5 Å². The van der Waals surface area contributed by atoms with Gasteiger partial charge in [-0.2, -0.15) is 0 Å². The Morgan fingerprint density at radius 2 is 1.69 bits per heavy atom. The molecule has 2 fully saturated rings. The lowest BCUT2D eigenvalue weighted by Crippen LogP contribution is -2.57. The molecule has 2 rings (SSSR count). The molecule has 1 amide bonds. The summed E-state index contributed by atoms with van der Waals surface area (Å²) in [6.07, 6.45) is 6.97. The highest BCUT2D eigenvalue weighted by Crippen LogP contribution is 2.29. The molecule has 152 valence electrons. The van der Waals surface area contributed by atoms with Crippen molar-refractivity contribution < 1.29 is 17.9 Å². The number of sulfonamides is 1. The van der Waals surface area contributed by atoms with Crippen LogP contribution >= 0.6 is 0 Å². The van der Waals surface area contributed by atoms with Crippen molar-refractivity contribution in [3.8, 4) is 0 Å². The van der Waals surface area contributed by atoms with Crippen LogP contribution in [0.5, 0.6) is 0 Å². The third-order valence-electron chi connectivity index (χ3n) is 5.18. The maximum absolute atomic E-state index is 12.2. The summed E-state index contributed by atoms with van der Waals surface area (Å²) in [5.74, 6) is 0.520. The minimum Gasteiger partial charge on any atom is -0.444 e. The monoisotopic (exact) mass is 389 g/mol. The van der Waals surface area contributed by atoms with Crippen LogP contribution in [0.3, 0.4) is 0 Å². The molecule has 8 heteroatoms. The predicted molar refractivity (Wildman–Crippen MR) is 103 cm³/mol. The lowest BCUT2D eigenvalue weighted by atomic mass is 9.83. The first-order chi connectivity index (χ1) is 12.1. The Morgan fingerprint density at radius 3 is 2.19 bits per heavy atom. The summed E-state index contributed by atoms with van der Waals surface area (Å²) >= 11 is 0. The molecule has 0 aromatic carbocycles. The van der Waals surface area contributed by atoms with E-state index in [4.69, 9.17) is 4.74 Å². The summed E-state index contributed by atoms with van der Waals surface area (Å²) < 4.78 is 31.3. The van der Waals surface area contributed by atoms with E-state index in [0.29, 0.717) is 25.6 Å². The molecular weight excluding hydrogens is 354 g/mol. The van der Waals surface area contributed by atoms with Crippen LogP contribution in [0.4, 0.5) is 4.79 Å². The number of hydrogen-bond donors (Lipinski definition) is 1. The standard InChI is InChI=1S/C18H35N3O4S/c1-18(2,3)25-17(22)21-12-10-20(11-13-21)16(14-19-26(4,23)24)15-8-6-5-7-9-15/h15-16,19H,5-14H2,1-4H3. The van der Waals surface area contributed by atoms with Crippen molar-refractivity contribution in [1.82, 2.24) is 14.5 Å². The minimum absolute atomic E-state index is 0.200. The Morgan fingerprint density at radius 1 is 1.12 bits per heavy atom. The van der Waals surface area contributed by atoms with E-state index in [9.17, 15) is 13.2 Å². The highest BCUT2D eigenvalue weighted by Gasteiger charge is 2.33. The van der Waals surface area contributed by atoms with Crippen molar-refractivity contribution in [2.45, 2.75) is 64.5 Å². The van der Waals surface area contributed by atoms with Gasteiger partial charge in [0, 0.05) is 38.8 Å². The third-order valence-corrected chi connectivity index (χ3v) is 5.87. The van der Waals surface area contributed by atoms with E-state index in [1.807, 2.05) is 20.8 Å². The van der Waals surface area contributed by atoms with E-state index < -0.39 is 15.6 Å². The van der Waals surface area contributed by atoms with Gasteiger partial charge in [-0.15, -0.1) is 0 Å². The molecule has 1 atom stereocenters. The summed E-state index contributed by atoms with van der Waals surface area (Å²) in [5.41, 5.74) is -0.488. The van der Waals surface area contributed by atoms with Crippen LogP contribution in [0.25, 0.3) is 0 Å². The smallest absolute Gasteiger partial charge is 0.410 e. The molecule has 1 N–H and O–H groups in total. The summed E-state index contributed by atoms with van der Waals surface area (Å²) in [4.78, 5) is 16.4. The first-order valence-corrected chi connectivity index (χ1v) is 11.6. The van der Waals surface area contributed by atoms with Crippen molar-refractivity contribution in [2.75, 3.05) is 39.0 Å². The molecule has 0 aromatic rings. The average molecular weight is 390 g/mol. The predicted octanol–water partition coefficient (Wildman–Crippen LogP) is 2.04. The second-order valence-electron chi connectivity index (χ2n) is 8.59. The fraction of sp³-hybridized carbons (Fsp3) is 0.944. The van der Waals surface area contributed by atoms with Gasteiger partial charge < -0.3 is 9.64 Å². The Hall–Kier alpha value is -0.860. The largest absolute Gasteiger partial charge is 0.444 e. The molecule has 0 aromatic heterocycles. The van der Waals surface area contributed by atoms with Gasteiger partial charge in [0.1, 0.15) is 5.60 Å². The Labute approximate surface area is 158 Å². The summed E-state index contributed by atoms with van der Waals surface area (Å²) in [7, 11) is -3.20. The number of amides is 1. The van der Waals surface area contributed by atoms with E-state index in [0.717, 1.165) is 25.9 Å². The average Bonchev–Trinajstić information content (AvgIpc) is 2.54. The molecule has 1 unspecified atom stereocenters. The molecule has 1 heterocycles. The third kappa shape index (κ3) is 7.04. The normalized spacial score (nSPS) is 22.2. The number of piperazine rings is 1. The van der Waals surface area contributed by atoms with Crippen molar-refractivity contribution in [3.05, 3.63) is 0 Å². The maximum atomic E-state index is 12.2. The molecule has 0 radical (unpaired) electrons. The van der Waals surface area contributed by atoms with Crippen molar-refractivity contribution in [1.29, 1.82) is 0 Å². The number of nitrogens with zero attached hydrogens (tertiary/aromatic N) is 2. The Balaban J connectivity index is 1.95. The maximum Gasteiger partial charge on any atom is 0.410 e. The quantitative estimate of drug-likeness (QED) is 0.778. The van der Waals surface area contributed by atoms with Gasteiger partial charge in [-0.1, -0.05) is 19.3 Å². The number of rotatable bonds is 5. The van der Waals surface area contributed by atoms with Crippen LogP contribution in [-0.2, 0) is 14.8 Å². The van der Waals surface area contributed by atoms with E-state index in [2.05, 4.69) is 9.62 Å². The van der Waals surface area contributed by atoms with Gasteiger partial charge in [-0.05, 0) is 39.5 Å². The fourth-order valence-electron chi connectivity index (χ4n) is 3.91.